The second kappa shape index (κ2) is 13.1. The molecular weight excluding hydrogens is 525 g/mol. The lowest BCUT2D eigenvalue weighted by molar-refractivity contribution is -0.139. The molecule has 0 aliphatic rings. The first-order chi connectivity index (χ1) is 17.2. The van der Waals surface area contributed by atoms with E-state index in [1.54, 1.807) is 48.2 Å². The van der Waals surface area contributed by atoms with Crippen LogP contribution in [0.3, 0.4) is 0 Å². The maximum atomic E-state index is 13.4. The molecule has 0 spiro atoms. The largest absolute Gasteiger partial charge is 0.482 e. The van der Waals surface area contributed by atoms with E-state index in [1.807, 2.05) is 19.1 Å². The summed E-state index contributed by atoms with van der Waals surface area (Å²) >= 11 is 7.48. The minimum Gasteiger partial charge on any atom is -0.482 e. The summed E-state index contributed by atoms with van der Waals surface area (Å²) in [4.78, 5) is 11.9. The summed E-state index contributed by atoms with van der Waals surface area (Å²) in [6.07, 6.45) is 0.483. The first-order valence-corrected chi connectivity index (χ1v) is 14.2. The van der Waals surface area contributed by atoms with Crippen molar-refractivity contribution in [1.29, 1.82) is 0 Å². The van der Waals surface area contributed by atoms with Crippen molar-refractivity contribution in [3.63, 3.8) is 0 Å². The molecule has 0 fully saturated rings. The van der Waals surface area contributed by atoms with E-state index in [0.717, 1.165) is 28.3 Å². The molecule has 0 saturated heterocycles. The van der Waals surface area contributed by atoms with Crippen molar-refractivity contribution in [3.05, 3.63) is 77.1 Å². The molecule has 0 aromatic heterocycles. The molecule has 0 unspecified atom stereocenters. The van der Waals surface area contributed by atoms with Crippen molar-refractivity contribution >= 4 is 39.2 Å². The van der Waals surface area contributed by atoms with Crippen LogP contribution in [0.2, 0.25) is 5.02 Å². The Morgan fingerprint density at radius 3 is 2.44 bits per heavy atom. The van der Waals surface area contributed by atoms with E-state index in [1.165, 1.54) is 12.1 Å². The Morgan fingerprint density at radius 2 is 1.78 bits per heavy atom. The number of aryl methyl sites for hydroxylation is 1. The standard InChI is InChI=1S/C26H27ClFNO5S2/c1-18-15-21(6-10-25(18)34-17-26(30)31)35-13-12-29-11-2-14-36(32,33)22-7-3-19(4-8-22)20-5-9-24(28)23(27)16-20/h3-10,15-16,29H,2,11-14,17H2,1H3,(H,30,31). The summed E-state index contributed by atoms with van der Waals surface area (Å²) in [6, 6.07) is 16.5. The van der Waals surface area contributed by atoms with Crippen molar-refractivity contribution < 1.29 is 27.4 Å². The molecule has 0 heterocycles. The zero-order valence-electron chi connectivity index (χ0n) is 19.7. The van der Waals surface area contributed by atoms with Crippen molar-refractivity contribution in [2.24, 2.45) is 0 Å². The Morgan fingerprint density at radius 1 is 1.06 bits per heavy atom. The Bertz CT molecular complexity index is 1300. The van der Waals surface area contributed by atoms with Gasteiger partial charge in [0.1, 0.15) is 11.6 Å². The number of hydrogen-bond donors (Lipinski definition) is 2. The molecule has 10 heteroatoms. The van der Waals surface area contributed by atoms with E-state index in [-0.39, 0.29) is 22.3 Å². The van der Waals surface area contributed by atoms with Crippen molar-refractivity contribution in [3.8, 4) is 16.9 Å². The third-order valence-corrected chi connectivity index (χ3v) is 8.38. The van der Waals surface area contributed by atoms with Gasteiger partial charge in [-0.2, -0.15) is 0 Å². The fourth-order valence-electron chi connectivity index (χ4n) is 3.41. The second-order valence-corrected chi connectivity index (χ2v) is 11.7. The highest BCUT2D eigenvalue weighted by Gasteiger charge is 2.14. The van der Waals surface area contributed by atoms with Gasteiger partial charge in [0, 0.05) is 17.2 Å². The summed E-state index contributed by atoms with van der Waals surface area (Å²) in [6.45, 7) is 2.79. The lowest BCUT2D eigenvalue weighted by atomic mass is 10.1. The van der Waals surface area contributed by atoms with Gasteiger partial charge >= 0.3 is 5.97 Å². The SMILES string of the molecule is Cc1cc(SCCNCCCS(=O)(=O)c2ccc(-c3ccc(F)c(Cl)c3)cc2)ccc1OCC(=O)O. The number of nitrogens with one attached hydrogen (secondary N) is 1. The molecule has 192 valence electrons. The molecule has 3 rings (SSSR count). The summed E-state index contributed by atoms with van der Waals surface area (Å²) in [5.41, 5.74) is 2.34. The fraction of sp³-hybridized carbons (Fsp3) is 0.269. The highest BCUT2D eigenvalue weighted by atomic mass is 35.5. The first kappa shape index (κ1) is 28.0. The number of carboxylic acid groups (broad SMARTS) is 1. The Balaban J connectivity index is 1.39. The molecular formula is C26H27ClFNO5S2. The van der Waals surface area contributed by atoms with E-state index in [9.17, 15) is 17.6 Å². The fourth-order valence-corrected chi connectivity index (χ4v) is 5.81. The highest BCUT2D eigenvalue weighted by molar-refractivity contribution is 7.99. The van der Waals surface area contributed by atoms with Gasteiger partial charge in [-0.05, 0) is 79.0 Å². The zero-order valence-corrected chi connectivity index (χ0v) is 22.1. The lowest BCUT2D eigenvalue weighted by Crippen LogP contribution is -2.21. The monoisotopic (exact) mass is 551 g/mol. The molecule has 0 aliphatic heterocycles. The number of sulfone groups is 1. The molecule has 3 aromatic carbocycles. The van der Waals surface area contributed by atoms with E-state index >= 15 is 0 Å². The van der Waals surface area contributed by atoms with Crippen LogP contribution in [0.15, 0.2) is 70.5 Å². The minimum absolute atomic E-state index is 0.0192. The summed E-state index contributed by atoms with van der Waals surface area (Å²) in [5.74, 6) is -0.129. The molecule has 3 aromatic rings. The maximum Gasteiger partial charge on any atom is 0.341 e. The smallest absolute Gasteiger partial charge is 0.341 e. The van der Waals surface area contributed by atoms with Gasteiger partial charge in [-0.25, -0.2) is 17.6 Å². The number of ether oxygens (including phenoxy) is 1. The average molecular weight is 552 g/mol. The lowest BCUT2D eigenvalue weighted by Gasteiger charge is -2.10. The van der Waals surface area contributed by atoms with Crippen LogP contribution in [0.25, 0.3) is 11.1 Å². The molecule has 0 radical (unpaired) electrons. The molecule has 0 amide bonds. The Kier molecular flexibility index (Phi) is 10.2. The van der Waals surface area contributed by atoms with Gasteiger partial charge in [0.05, 0.1) is 15.7 Å². The van der Waals surface area contributed by atoms with E-state index in [0.29, 0.717) is 24.3 Å². The molecule has 0 atom stereocenters. The van der Waals surface area contributed by atoms with E-state index in [4.69, 9.17) is 21.4 Å². The van der Waals surface area contributed by atoms with Gasteiger partial charge in [-0.3, -0.25) is 0 Å². The molecule has 36 heavy (non-hydrogen) atoms. The minimum atomic E-state index is -3.41. The molecule has 2 N–H and O–H groups in total. The number of carboxylic acids is 1. The quantitative estimate of drug-likeness (QED) is 0.215. The molecule has 0 bridgehead atoms. The number of hydrogen-bond acceptors (Lipinski definition) is 6. The molecule has 0 aliphatic carbocycles. The number of carbonyl (C=O) groups is 1. The van der Waals surface area contributed by atoms with Gasteiger partial charge in [-0.1, -0.05) is 29.8 Å². The Hall–Kier alpha value is -2.59. The highest BCUT2D eigenvalue weighted by Crippen LogP contribution is 2.27. The van der Waals surface area contributed by atoms with Crippen LogP contribution in [0.4, 0.5) is 4.39 Å². The van der Waals surface area contributed by atoms with Crippen LogP contribution >= 0.6 is 23.4 Å². The maximum absolute atomic E-state index is 13.4. The van der Waals surface area contributed by atoms with Crippen LogP contribution in [-0.4, -0.2) is 50.7 Å². The van der Waals surface area contributed by atoms with Gasteiger partial charge in [0.25, 0.3) is 0 Å². The normalized spacial score (nSPS) is 11.4. The first-order valence-electron chi connectivity index (χ1n) is 11.2. The number of thioether (sulfide) groups is 1. The van der Waals surface area contributed by atoms with Gasteiger partial charge < -0.3 is 15.2 Å². The van der Waals surface area contributed by atoms with Gasteiger partial charge in [0.2, 0.25) is 0 Å². The number of rotatable bonds is 13. The van der Waals surface area contributed by atoms with Crippen molar-refractivity contribution in [1.82, 2.24) is 5.32 Å². The predicted octanol–water partition coefficient (Wildman–Crippen LogP) is 5.46. The zero-order chi connectivity index (χ0) is 26.1. The van der Waals surface area contributed by atoms with Gasteiger partial charge in [-0.15, -0.1) is 11.8 Å². The second-order valence-electron chi connectivity index (χ2n) is 8.03. The van der Waals surface area contributed by atoms with Crippen molar-refractivity contribution in [2.45, 2.75) is 23.1 Å². The number of aliphatic carboxylic acids is 1. The van der Waals surface area contributed by atoms with E-state index < -0.39 is 21.6 Å². The summed E-state index contributed by atoms with van der Waals surface area (Å²) in [5, 5.41) is 12.0. The topological polar surface area (TPSA) is 92.7 Å². The van der Waals surface area contributed by atoms with E-state index in [2.05, 4.69) is 5.32 Å². The predicted molar refractivity (Wildman–Crippen MR) is 141 cm³/mol. The molecule has 0 saturated carbocycles. The third-order valence-electron chi connectivity index (χ3n) is 5.28. The van der Waals surface area contributed by atoms with Crippen LogP contribution in [0.5, 0.6) is 5.75 Å². The number of benzene rings is 3. The van der Waals surface area contributed by atoms with Crippen molar-refractivity contribution in [2.75, 3.05) is 31.2 Å². The van der Waals surface area contributed by atoms with Crippen LogP contribution in [-0.2, 0) is 14.6 Å². The Labute approximate surface area is 219 Å². The third kappa shape index (κ3) is 8.23. The van der Waals surface area contributed by atoms with Gasteiger partial charge in [0.15, 0.2) is 16.4 Å². The van der Waals surface area contributed by atoms with Crippen LogP contribution in [0, 0.1) is 12.7 Å². The molecule has 6 nitrogen and oxygen atoms in total. The summed E-state index contributed by atoms with van der Waals surface area (Å²) in [7, 11) is -3.41. The summed E-state index contributed by atoms with van der Waals surface area (Å²) < 4.78 is 43.9. The average Bonchev–Trinajstić information content (AvgIpc) is 2.84. The van der Waals surface area contributed by atoms with Crippen LogP contribution in [0.1, 0.15) is 12.0 Å². The van der Waals surface area contributed by atoms with Crippen LogP contribution < -0.4 is 10.1 Å². The number of halogens is 2.